The van der Waals surface area contributed by atoms with Gasteiger partial charge in [0, 0.05) is 49.5 Å². The SMILES string of the molecule is COc1cc(-c2nc(C(=O)Nc3cc4cn(C)nc4cc3N3CCC(O)CC3)co2)ccn1.Cl. The summed E-state index contributed by atoms with van der Waals surface area (Å²) in [6, 6.07) is 7.30. The molecule has 0 spiro atoms. The number of hydrogen-bond donors (Lipinski definition) is 2. The fourth-order valence-electron chi connectivity index (χ4n) is 4.00. The van der Waals surface area contributed by atoms with Crippen molar-refractivity contribution >= 4 is 40.6 Å². The minimum absolute atomic E-state index is 0. The van der Waals surface area contributed by atoms with Crippen LogP contribution in [0.1, 0.15) is 23.3 Å². The Kier molecular flexibility index (Phi) is 6.71. The predicted molar refractivity (Wildman–Crippen MR) is 130 cm³/mol. The number of methoxy groups -OCH3 is 1. The lowest BCUT2D eigenvalue weighted by atomic mass is 10.1. The van der Waals surface area contributed by atoms with Crippen LogP contribution in [0.3, 0.4) is 0 Å². The zero-order valence-corrected chi connectivity index (χ0v) is 19.6. The van der Waals surface area contributed by atoms with Crippen LogP contribution in [0.15, 0.2) is 47.3 Å². The zero-order valence-electron chi connectivity index (χ0n) is 18.8. The Labute approximate surface area is 202 Å². The number of carbonyl (C=O) groups is 1. The Balaban J connectivity index is 0.00000274. The molecule has 0 radical (unpaired) electrons. The number of aryl methyl sites for hydroxylation is 1. The smallest absolute Gasteiger partial charge is 0.277 e. The number of halogens is 1. The number of amides is 1. The number of benzene rings is 1. The summed E-state index contributed by atoms with van der Waals surface area (Å²) in [5.74, 6) is 0.346. The number of anilines is 2. The van der Waals surface area contributed by atoms with Crippen LogP contribution in [0.5, 0.6) is 5.88 Å². The van der Waals surface area contributed by atoms with Gasteiger partial charge in [0.1, 0.15) is 6.26 Å². The van der Waals surface area contributed by atoms with Crippen LogP contribution in [0.2, 0.25) is 0 Å². The van der Waals surface area contributed by atoms with E-state index in [1.54, 1.807) is 23.0 Å². The largest absolute Gasteiger partial charge is 0.481 e. The number of nitrogens with zero attached hydrogens (tertiary/aromatic N) is 5. The molecule has 0 atom stereocenters. The minimum Gasteiger partial charge on any atom is -0.481 e. The average Bonchev–Trinajstić information content (AvgIpc) is 3.45. The van der Waals surface area contributed by atoms with Crippen LogP contribution >= 0.6 is 12.4 Å². The number of carbonyl (C=O) groups excluding carboxylic acids is 1. The topological polar surface area (TPSA) is 119 Å². The highest BCUT2D eigenvalue weighted by Crippen LogP contribution is 2.33. The van der Waals surface area contributed by atoms with Crippen molar-refractivity contribution in [1.82, 2.24) is 19.7 Å². The quantitative estimate of drug-likeness (QED) is 0.443. The van der Waals surface area contributed by atoms with Crippen molar-refractivity contribution in [3.8, 4) is 17.3 Å². The number of oxazole rings is 1. The average molecular weight is 485 g/mol. The van der Waals surface area contributed by atoms with Gasteiger partial charge in [-0.15, -0.1) is 12.4 Å². The molecular weight excluding hydrogens is 460 g/mol. The van der Waals surface area contributed by atoms with Crippen molar-refractivity contribution in [3.63, 3.8) is 0 Å². The molecule has 4 heterocycles. The molecule has 10 nitrogen and oxygen atoms in total. The molecule has 5 rings (SSSR count). The summed E-state index contributed by atoms with van der Waals surface area (Å²) in [6.07, 6.45) is 5.88. The number of aliphatic hydroxyl groups is 1. The molecule has 3 aromatic heterocycles. The number of fused-ring (bicyclic) bond motifs is 1. The summed E-state index contributed by atoms with van der Waals surface area (Å²) < 4.78 is 12.4. The maximum Gasteiger partial charge on any atom is 0.277 e. The molecule has 1 aliphatic rings. The van der Waals surface area contributed by atoms with E-state index in [0.29, 0.717) is 49.0 Å². The molecule has 1 aliphatic heterocycles. The van der Waals surface area contributed by atoms with Gasteiger partial charge in [0.25, 0.3) is 5.91 Å². The van der Waals surface area contributed by atoms with Crippen molar-refractivity contribution in [3.05, 3.63) is 48.6 Å². The maximum atomic E-state index is 13.1. The third kappa shape index (κ3) is 4.68. The van der Waals surface area contributed by atoms with Gasteiger partial charge in [0.2, 0.25) is 11.8 Å². The Morgan fingerprint density at radius 1 is 1.26 bits per heavy atom. The van der Waals surface area contributed by atoms with Gasteiger partial charge in [-0.1, -0.05) is 0 Å². The van der Waals surface area contributed by atoms with Gasteiger partial charge in [0.05, 0.1) is 30.1 Å². The van der Waals surface area contributed by atoms with Crippen molar-refractivity contribution in [1.29, 1.82) is 0 Å². The third-order valence-corrected chi connectivity index (χ3v) is 5.72. The number of piperidine rings is 1. The highest BCUT2D eigenvalue weighted by Gasteiger charge is 2.23. The van der Waals surface area contributed by atoms with Crippen LogP contribution in [0, 0.1) is 0 Å². The number of nitrogens with one attached hydrogen (secondary N) is 1. The maximum absolute atomic E-state index is 13.1. The van der Waals surface area contributed by atoms with E-state index in [1.165, 1.54) is 13.4 Å². The summed E-state index contributed by atoms with van der Waals surface area (Å²) in [5.41, 5.74) is 3.18. The van der Waals surface area contributed by atoms with Crippen molar-refractivity contribution in [2.75, 3.05) is 30.4 Å². The van der Waals surface area contributed by atoms with E-state index in [-0.39, 0.29) is 30.1 Å². The standard InChI is InChI=1S/C23H24N6O4.ClH/c1-28-12-15-9-18(20(11-17(15)27-28)29-7-4-16(30)5-8-29)25-22(31)19-13-33-23(26-19)14-3-6-24-21(10-14)32-2;/h3,6,9-13,16,30H,4-5,7-8H2,1-2H3,(H,25,31);1H. The molecule has 11 heteroatoms. The van der Waals surface area contributed by atoms with E-state index in [1.807, 2.05) is 25.4 Å². The molecule has 1 saturated heterocycles. The van der Waals surface area contributed by atoms with E-state index < -0.39 is 0 Å². The summed E-state index contributed by atoms with van der Waals surface area (Å²) >= 11 is 0. The first kappa shape index (κ1) is 23.5. The lowest BCUT2D eigenvalue weighted by Crippen LogP contribution is -2.36. The van der Waals surface area contributed by atoms with Crippen LogP contribution in [0.4, 0.5) is 11.4 Å². The second kappa shape index (κ2) is 9.70. The van der Waals surface area contributed by atoms with Crippen LogP contribution in [0.25, 0.3) is 22.4 Å². The van der Waals surface area contributed by atoms with Gasteiger partial charge >= 0.3 is 0 Å². The fraction of sp³-hybridized carbons (Fsp3) is 0.304. The van der Waals surface area contributed by atoms with Gasteiger partial charge in [-0.2, -0.15) is 5.10 Å². The summed E-state index contributed by atoms with van der Waals surface area (Å²) in [5, 5.41) is 18.3. The number of hydrogen-bond acceptors (Lipinski definition) is 8. The van der Waals surface area contributed by atoms with Gasteiger partial charge in [-0.25, -0.2) is 9.97 Å². The summed E-state index contributed by atoms with van der Waals surface area (Å²) in [4.78, 5) is 23.6. The molecule has 0 saturated carbocycles. The highest BCUT2D eigenvalue weighted by molar-refractivity contribution is 6.06. The van der Waals surface area contributed by atoms with Gasteiger partial charge in [0.15, 0.2) is 5.69 Å². The van der Waals surface area contributed by atoms with E-state index in [9.17, 15) is 9.90 Å². The van der Waals surface area contributed by atoms with Crippen molar-refractivity contribution in [2.45, 2.75) is 18.9 Å². The number of aliphatic hydroxyl groups excluding tert-OH is 1. The molecular formula is C23H25ClN6O4. The molecule has 1 aromatic carbocycles. The first-order chi connectivity index (χ1) is 16.0. The van der Waals surface area contributed by atoms with Crippen LogP contribution in [-0.4, -0.2) is 57.1 Å². The first-order valence-electron chi connectivity index (χ1n) is 10.7. The van der Waals surface area contributed by atoms with E-state index in [4.69, 9.17) is 9.15 Å². The normalized spacial score (nSPS) is 14.1. The van der Waals surface area contributed by atoms with E-state index >= 15 is 0 Å². The lowest BCUT2D eigenvalue weighted by Gasteiger charge is -2.32. The van der Waals surface area contributed by atoms with Gasteiger partial charge in [-0.05, 0) is 31.0 Å². The molecule has 0 bridgehead atoms. The number of rotatable bonds is 5. The molecule has 2 N–H and O–H groups in total. The minimum atomic E-state index is -0.382. The number of ether oxygens (including phenoxy) is 1. The Bertz CT molecular complexity index is 1310. The molecule has 0 aliphatic carbocycles. The molecule has 0 unspecified atom stereocenters. The first-order valence-corrected chi connectivity index (χ1v) is 10.7. The predicted octanol–water partition coefficient (Wildman–Crippen LogP) is 3.27. The zero-order chi connectivity index (χ0) is 22.9. The van der Waals surface area contributed by atoms with E-state index in [0.717, 1.165) is 16.6 Å². The van der Waals surface area contributed by atoms with Gasteiger partial charge < -0.3 is 24.5 Å². The second-order valence-corrected chi connectivity index (χ2v) is 8.03. The summed E-state index contributed by atoms with van der Waals surface area (Å²) in [7, 11) is 3.39. The highest BCUT2D eigenvalue weighted by atomic mass is 35.5. The Morgan fingerprint density at radius 2 is 2.06 bits per heavy atom. The van der Waals surface area contributed by atoms with Gasteiger partial charge in [-0.3, -0.25) is 9.48 Å². The molecule has 1 fully saturated rings. The number of aromatic nitrogens is 4. The fourth-order valence-corrected chi connectivity index (χ4v) is 4.00. The monoisotopic (exact) mass is 484 g/mol. The van der Waals surface area contributed by atoms with Crippen molar-refractivity contribution in [2.24, 2.45) is 7.05 Å². The third-order valence-electron chi connectivity index (χ3n) is 5.72. The Morgan fingerprint density at radius 3 is 2.82 bits per heavy atom. The Hall–Kier alpha value is -3.63. The summed E-state index contributed by atoms with van der Waals surface area (Å²) in [6.45, 7) is 1.39. The van der Waals surface area contributed by atoms with Crippen molar-refractivity contribution < 1.29 is 19.1 Å². The second-order valence-electron chi connectivity index (χ2n) is 8.03. The van der Waals surface area contributed by atoms with E-state index in [2.05, 4.69) is 25.3 Å². The molecule has 178 valence electrons. The molecule has 4 aromatic rings. The molecule has 34 heavy (non-hydrogen) atoms. The van der Waals surface area contributed by atoms with Crippen LogP contribution < -0.4 is 15.0 Å². The number of pyridine rings is 1. The van der Waals surface area contributed by atoms with Crippen LogP contribution in [-0.2, 0) is 7.05 Å². The lowest BCUT2D eigenvalue weighted by molar-refractivity contribution is 0.102. The molecule has 1 amide bonds.